The molecular weight excluding hydrogens is 352 g/mol. The largest absolute Gasteiger partial charge is 0.478 e. The topological polar surface area (TPSA) is 92.4 Å². The Morgan fingerprint density at radius 1 is 0.750 bits per heavy atom. The molecule has 0 atom stereocenters. The first-order valence-electron chi connectivity index (χ1n) is 11.5. The number of hydrogen-bond acceptors (Lipinski definition) is 2. The van der Waals surface area contributed by atoms with Crippen LogP contribution in [0, 0.1) is 0 Å². The number of carboxylic acids is 1. The molecule has 0 unspecified atom stereocenters. The summed E-state index contributed by atoms with van der Waals surface area (Å²) in [6, 6.07) is -0.636. The van der Waals surface area contributed by atoms with E-state index in [1.54, 1.807) is 0 Å². The molecule has 0 aromatic carbocycles. The van der Waals surface area contributed by atoms with Gasteiger partial charge in [-0.25, -0.2) is 9.59 Å². The van der Waals surface area contributed by atoms with E-state index in [-0.39, 0.29) is 6.54 Å². The van der Waals surface area contributed by atoms with Crippen molar-refractivity contribution in [2.24, 2.45) is 5.73 Å². The molecule has 0 spiro atoms. The number of nitrogens with two attached hydrogens (primary N) is 1. The van der Waals surface area contributed by atoms with Crippen molar-refractivity contribution in [2.75, 3.05) is 6.54 Å². The van der Waals surface area contributed by atoms with Crippen molar-refractivity contribution in [2.45, 2.75) is 116 Å². The van der Waals surface area contributed by atoms with E-state index in [0.29, 0.717) is 12.0 Å². The van der Waals surface area contributed by atoms with Gasteiger partial charge in [-0.3, -0.25) is 0 Å². The minimum absolute atomic E-state index is 0.176. The molecule has 0 bridgehead atoms. The van der Waals surface area contributed by atoms with Crippen molar-refractivity contribution in [1.29, 1.82) is 0 Å². The zero-order valence-corrected chi connectivity index (χ0v) is 18.1. The second-order valence-corrected chi connectivity index (χ2v) is 7.83. The van der Waals surface area contributed by atoms with E-state index in [9.17, 15) is 9.59 Å². The molecule has 0 aromatic rings. The number of nitrogens with one attached hydrogen (secondary N) is 1. The highest BCUT2D eigenvalue weighted by Crippen LogP contribution is 2.15. The van der Waals surface area contributed by atoms with Crippen LogP contribution in [-0.2, 0) is 4.79 Å². The molecule has 0 aliphatic rings. The van der Waals surface area contributed by atoms with Crippen molar-refractivity contribution < 1.29 is 14.7 Å². The number of carbonyl (C=O) groups is 2. The fourth-order valence-electron chi connectivity index (χ4n) is 3.43. The minimum atomic E-state index is -0.910. The van der Waals surface area contributed by atoms with E-state index in [4.69, 9.17) is 10.8 Å². The number of aliphatic carboxylic acids is 1. The number of unbranched alkanes of at least 4 members (excludes halogenated alkanes) is 15. The van der Waals surface area contributed by atoms with Gasteiger partial charge in [0.25, 0.3) is 0 Å². The zero-order chi connectivity index (χ0) is 20.9. The Kier molecular flexibility index (Phi) is 19.1. The number of carboxylic acid groups (broad SMARTS) is 1. The van der Waals surface area contributed by atoms with Crippen LogP contribution in [0.3, 0.4) is 0 Å². The Bertz CT molecular complexity index is 422. The molecule has 0 aliphatic heterocycles. The second kappa shape index (κ2) is 20.2. The van der Waals surface area contributed by atoms with Crippen LogP contribution in [0.1, 0.15) is 116 Å². The molecule has 4 N–H and O–H groups in total. The summed E-state index contributed by atoms with van der Waals surface area (Å²) < 4.78 is 0. The first kappa shape index (κ1) is 26.5. The molecule has 0 aromatic heterocycles. The number of urea groups is 1. The van der Waals surface area contributed by atoms with Crippen molar-refractivity contribution in [3.05, 3.63) is 11.6 Å². The number of carbonyl (C=O) groups excluding carboxylic acids is 1. The normalized spacial score (nSPS) is 11.5. The number of amides is 2. The molecule has 0 heterocycles. The predicted molar refractivity (Wildman–Crippen MR) is 117 cm³/mol. The lowest BCUT2D eigenvalue weighted by molar-refractivity contribution is -0.132. The van der Waals surface area contributed by atoms with Crippen LogP contribution in [0.4, 0.5) is 4.79 Å². The first-order chi connectivity index (χ1) is 13.6. The predicted octanol–water partition coefficient (Wildman–Crippen LogP) is 6.32. The van der Waals surface area contributed by atoms with E-state index in [0.717, 1.165) is 12.8 Å². The molecule has 5 heteroatoms. The summed E-state index contributed by atoms with van der Waals surface area (Å²) in [5.41, 5.74) is 5.33. The van der Waals surface area contributed by atoms with Crippen LogP contribution in [-0.4, -0.2) is 23.7 Å². The monoisotopic (exact) mass is 396 g/mol. The molecule has 0 saturated heterocycles. The molecule has 28 heavy (non-hydrogen) atoms. The summed E-state index contributed by atoms with van der Waals surface area (Å²) in [6.45, 7) is 2.44. The molecule has 5 nitrogen and oxygen atoms in total. The van der Waals surface area contributed by atoms with Crippen molar-refractivity contribution in [1.82, 2.24) is 5.32 Å². The molecular formula is C23H44N2O3. The van der Waals surface area contributed by atoms with E-state index >= 15 is 0 Å². The molecule has 2 amide bonds. The van der Waals surface area contributed by atoms with Gasteiger partial charge in [-0.05, 0) is 12.8 Å². The zero-order valence-electron chi connectivity index (χ0n) is 18.1. The molecule has 0 saturated carbocycles. The summed E-state index contributed by atoms with van der Waals surface area (Å²) in [6.07, 6.45) is 23.0. The molecule has 0 radical (unpaired) electrons. The van der Waals surface area contributed by atoms with Gasteiger partial charge in [0.15, 0.2) is 0 Å². The number of rotatable bonds is 20. The SMILES string of the molecule is CCCCCCCCCCCCCCCCCC/C(=C/CNC(N)=O)C(=O)O. The van der Waals surface area contributed by atoms with E-state index < -0.39 is 12.0 Å². The van der Waals surface area contributed by atoms with E-state index in [1.807, 2.05) is 0 Å². The smallest absolute Gasteiger partial charge is 0.331 e. The van der Waals surface area contributed by atoms with Crippen LogP contribution in [0.25, 0.3) is 0 Å². The maximum absolute atomic E-state index is 11.2. The quantitative estimate of drug-likeness (QED) is 0.166. The lowest BCUT2D eigenvalue weighted by atomic mass is 10.0. The van der Waals surface area contributed by atoms with Gasteiger partial charge in [-0.2, -0.15) is 0 Å². The maximum atomic E-state index is 11.2. The third kappa shape index (κ3) is 19.2. The van der Waals surface area contributed by atoms with Gasteiger partial charge in [-0.1, -0.05) is 109 Å². The van der Waals surface area contributed by atoms with Crippen LogP contribution in [0.5, 0.6) is 0 Å². The van der Waals surface area contributed by atoms with Gasteiger partial charge in [0.05, 0.1) is 0 Å². The van der Waals surface area contributed by atoms with Gasteiger partial charge in [0.2, 0.25) is 0 Å². The highest BCUT2D eigenvalue weighted by molar-refractivity contribution is 5.86. The summed E-state index contributed by atoms with van der Waals surface area (Å²) >= 11 is 0. The Labute approximate surface area is 172 Å². The van der Waals surface area contributed by atoms with Gasteiger partial charge in [0.1, 0.15) is 0 Å². The fourth-order valence-corrected chi connectivity index (χ4v) is 3.43. The lowest BCUT2D eigenvalue weighted by Crippen LogP contribution is -2.29. The van der Waals surface area contributed by atoms with E-state index in [2.05, 4.69) is 12.2 Å². The molecule has 0 rings (SSSR count). The average Bonchev–Trinajstić information content (AvgIpc) is 2.65. The van der Waals surface area contributed by atoms with Crippen molar-refractivity contribution in [3.8, 4) is 0 Å². The lowest BCUT2D eigenvalue weighted by Gasteiger charge is -2.05. The third-order valence-corrected chi connectivity index (χ3v) is 5.20. The average molecular weight is 397 g/mol. The summed E-state index contributed by atoms with van der Waals surface area (Å²) in [7, 11) is 0. The van der Waals surface area contributed by atoms with Crippen LogP contribution in [0.2, 0.25) is 0 Å². The van der Waals surface area contributed by atoms with Gasteiger partial charge >= 0.3 is 12.0 Å². The first-order valence-corrected chi connectivity index (χ1v) is 11.5. The van der Waals surface area contributed by atoms with Gasteiger partial charge in [-0.15, -0.1) is 0 Å². The summed E-state index contributed by atoms with van der Waals surface area (Å²) in [5.74, 6) is -0.910. The summed E-state index contributed by atoms with van der Waals surface area (Å²) in [4.78, 5) is 21.8. The van der Waals surface area contributed by atoms with Gasteiger partial charge in [0, 0.05) is 12.1 Å². The highest BCUT2D eigenvalue weighted by atomic mass is 16.4. The highest BCUT2D eigenvalue weighted by Gasteiger charge is 2.06. The van der Waals surface area contributed by atoms with Crippen LogP contribution in [0.15, 0.2) is 11.6 Å². The molecule has 164 valence electrons. The maximum Gasteiger partial charge on any atom is 0.331 e. The van der Waals surface area contributed by atoms with E-state index in [1.165, 1.54) is 96.0 Å². The minimum Gasteiger partial charge on any atom is -0.478 e. The van der Waals surface area contributed by atoms with Gasteiger partial charge < -0.3 is 16.2 Å². The summed E-state index contributed by atoms with van der Waals surface area (Å²) in [5, 5.41) is 11.5. The van der Waals surface area contributed by atoms with Crippen LogP contribution >= 0.6 is 0 Å². The fraction of sp³-hybridized carbons (Fsp3) is 0.826. The molecule has 0 fully saturated rings. The Morgan fingerprint density at radius 2 is 1.14 bits per heavy atom. The number of hydrogen-bond donors (Lipinski definition) is 3. The second-order valence-electron chi connectivity index (χ2n) is 7.83. The Hall–Kier alpha value is -1.52. The third-order valence-electron chi connectivity index (χ3n) is 5.20. The van der Waals surface area contributed by atoms with Crippen LogP contribution < -0.4 is 11.1 Å². The molecule has 0 aliphatic carbocycles. The number of primary amides is 1. The Morgan fingerprint density at radius 3 is 1.50 bits per heavy atom. The van der Waals surface area contributed by atoms with Crippen molar-refractivity contribution in [3.63, 3.8) is 0 Å². The van der Waals surface area contributed by atoms with Crippen molar-refractivity contribution >= 4 is 12.0 Å². The Balaban J connectivity index is 3.40. The standard InChI is InChI=1S/C23H44N2O3/c1-2-3-4-5-6-7-8-9-10-11-12-13-14-15-16-17-18-21(22(26)27)19-20-25-23(24)28/h19H,2-18,20H2,1H3,(H,26,27)(H3,24,25,28)/b21-19-.